The van der Waals surface area contributed by atoms with Gasteiger partial charge in [0.2, 0.25) is 5.92 Å². The fourth-order valence-electron chi connectivity index (χ4n) is 4.71. The third-order valence-corrected chi connectivity index (χ3v) is 8.38. The van der Waals surface area contributed by atoms with Gasteiger partial charge in [-0.15, -0.1) is 4.36 Å². The monoisotopic (exact) mass is 602 g/mol. The molecule has 1 atom stereocenters. The van der Waals surface area contributed by atoms with E-state index in [1.165, 1.54) is 12.3 Å². The Labute approximate surface area is 244 Å². The van der Waals surface area contributed by atoms with E-state index < -0.39 is 33.3 Å². The highest BCUT2D eigenvalue weighted by atomic mass is 32.2. The lowest BCUT2D eigenvalue weighted by atomic mass is 9.99. The van der Waals surface area contributed by atoms with Gasteiger partial charge in [0.1, 0.15) is 11.4 Å². The van der Waals surface area contributed by atoms with Gasteiger partial charge < -0.3 is 15.0 Å². The first kappa shape index (κ1) is 31.1. The van der Waals surface area contributed by atoms with Crippen LogP contribution in [0.2, 0.25) is 0 Å². The predicted octanol–water partition coefficient (Wildman–Crippen LogP) is 6.06. The Hall–Kier alpha value is -3.87. The minimum atomic E-state index is -3.20. The lowest BCUT2D eigenvalue weighted by Crippen LogP contribution is -2.30. The Kier molecular flexibility index (Phi) is 8.72. The summed E-state index contributed by atoms with van der Waals surface area (Å²) < 4.78 is 52.2. The van der Waals surface area contributed by atoms with E-state index in [0.29, 0.717) is 29.2 Å². The largest absolute Gasteiger partial charge is 0.442 e. The molecule has 4 rings (SSSR count). The zero-order chi connectivity index (χ0) is 30.9. The summed E-state index contributed by atoms with van der Waals surface area (Å²) in [5, 5.41) is 7.06. The fraction of sp³-hybridized carbons (Fsp3) is 0.448. The maximum Gasteiger partial charge on any atom is 0.442 e. The molecule has 1 aliphatic rings. The lowest BCUT2D eigenvalue weighted by Gasteiger charge is -2.26. The third kappa shape index (κ3) is 7.50. The van der Waals surface area contributed by atoms with Gasteiger partial charge in [0.05, 0.1) is 21.5 Å². The average molecular weight is 603 g/mol. The van der Waals surface area contributed by atoms with Crippen LogP contribution in [0.4, 0.5) is 25.1 Å². The SMILES string of the molecule is Cc1c(-c2cnn(C)c2)cnc(N2CCCC(F)(F)CC2)c1C(=O)Nc1cccc(S(C)(=O)=NC(=O)OC(C)(C)C)c1. The molecule has 3 heterocycles. The fourth-order valence-corrected chi connectivity index (χ4v) is 5.81. The van der Waals surface area contributed by atoms with Crippen molar-refractivity contribution in [2.24, 2.45) is 11.4 Å². The zero-order valence-corrected chi connectivity index (χ0v) is 25.4. The number of ether oxygens (including phenoxy) is 1. The number of nitrogens with zero attached hydrogens (tertiary/aromatic N) is 5. The number of hydrogen-bond donors (Lipinski definition) is 1. The average Bonchev–Trinajstić information content (AvgIpc) is 3.21. The van der Waals surface area contributed by atoms with Gasteiger partial charge in [-0.3, -0.25) is 9.48 Å². The number of carbonyl (C=O) groups is 2. The molecule has 1 saturated heterocycles. The molecule has 0 aliphatic carbocycles. The molecule has 1 aromatic carbocycles. The number of aromatic nitrogens is 3. The molecule has 1 fully saturated rings. The van der Waals surface area contributed by atoms with Gasteiger partial charge in [-0.25, -0.2) is 22.8 Å². The van der Waals surface area contributed by atoms with Gasteiger partial charge in [-0.1, -0.05) is 6.07 Å². The van der Waals surface area contributed by atoms with E-state index in [9.17, 15) is 22.6 Å². The Morgan fingerprint density at radius 1 is 1.17 bits per heavy atom. The Balaban J connectivity index is 1.71. The van der Waals surface area contributed by atoms with Crippen LogP contribution in [0.1, 0.15) is 56.0 Å². The topological polar surface area (TPSA) is 119 Å². The molecule has 226 valence electrons. The van der Waals surface area contributed by atoms with E-state index in [1.54, 1.807) is 81.1 Å². The minimum absolute atomic E-state index is 0.0471. The van der Waals surface area contributed by atoms with Crippen molar-refractivity contribution in [2.75, 3.05) is 29.6 Å². The van der Waals surface area contributed by atoms with Gasteiger partial charge in [0, 0.05) is 73.3 Å². The second kappa shape index (κ2) is 11.8. The maximum atomic E-state index is 14.2. The second-order valence-electron chi connectivity index (χ2n) is 11.5. The Bertz CT molecular complexity index is 1620. The van der Waals surface area contributed by atoms with Crippen molar-refractivity contribution in [2.45, 2.75) is 63.4 Å². The molecular formula is C29H36F2N6O4S. The molecule has 1 aliphatic heterocycles. The Morgan fingerprint density at radius 2 is 1.90 bits per heavy atom. The quantitative estimate of drug-likeness (QED) is 0.377. The summed E-state index contributed by atoms with van der Waals surface area (Å²) in [6.45, 7) is 7.20. The first-order valence-corrected chi connectivity index (χ1v) is 15.4. The van der Waals surface area contributed by atoms with Crippen molar-refractivity contribution in [3.63, 3.8) is 0 Å². The maximum absolute atomic E-state index is 14.2. The number of rotatable bonds is 5. The van der Waals surface area contributed by atoms with Crippen LogP contribution < -0.4 is 10.2 Å². The molecule has 3 aromatic rings. The highest BCUT2D eigenvalue weighted by Gasteiger charge is 2.34. The van der Waals surface area contributed by atoms with E-state index in [-0.39, 0.29) is 36.3 Å². The number of amides is 2. The van der Waals surface area contributed by atoms with E-state index in [1.807, 2.05) is 0 Å². The standard InChI is InChI=1S/C29H36F2N6O4S/c1-19-23(20-16-33-36(5)18-20)17-32-25(37-13-8-11-29(30,31)12-14-37)24(19)26(38)34-21-9-7-10-22(15-21)42(6,40)35-27(39)41-28(2,3)4/h7,9-10,15-18H,8,11-14H2,1-6H3,(H,34,38). The molecule has 1 N–H and O–H groups in total. The van der Waals surface area contributed by atoms with Crippen LogP contribution in [0.15, 0.2) is 52.1 Å². The van der Waals surface area contributed by atoms with Crippen LogP contribution in [0, 0.1) is 6.92 Å². The number of hydrogen-bond acceptors (Lipinski definition) is 7. The normalized spacial score (nSPS) is 16.7. The van der Waals surface area contributed by atoms with E-state index in [0.717, 1.165) is 5.56 Å². The molecule has 0 saturated carbocycles. The van der Waals surface area contributed by atoms with Crippen LogP contribution in [-0.2, 0) is 21.5 Å². The van der Waals surface area contributed by atoms with E-state index >= 15 is 0 Å². The summed E-state index contributed by atoms with van der Waals surface area (Å²) >= 11 is 0. The predicted molar refractivity (Wildman–Crippen MR) is 158 cm³/mol. The van der Waals surface area contributed by atoms with Crippen molar-refractivity contribution in [1.29, 1.82) is 0 Å². The Morgan fingerprint density at radius 3 is 2.57 bits per heavy atom. The number of nitrogens with one attached hydrogen (secondary N) is 1. The van der Waals surface area contributed by atoms with E-state index in [4.69, 9.17) is 4.74 Å². The van der Waals surface area contributed by atoms with E-state index in [2.05, 4.69) is 19.8 Å². The van der Waals surface area contributed by atoms with Crippen molar-refractivity contribution >= 4 is 33.2 Å². The van der Waals surface area contributed by atoms with Gasteiger partial charge in [-0.2, -0.15) is 5.10 Å². The number of anilines is 2. The minimum Gasteiger partial charge on any atom is -0.442 e. The summed E-state index contributed by atoms with van der Waals surface area (Å²) in [6, 6.07) is 6.23. The molecule has 0 radical (unpaired) electrons. The lowest BCUT2D eigenvalue weighted by molar-refractivity contribution is -0.0102. The van der Waals surface area contributed by atoms with Crippen molar-refractivity contribution in [3.05, 3.63) is 54.0 Å². The molecule has 13 heteroatoms. The summed E-state index contributed by atoms with van der Waals surface area (Å²) in [7, 11) is -1.42. The third-order valence-electron chi connectivity index (χ3n) is 6.75. The summed E-state index contributed by atoms with van der Waals surface area (Å²) in [5.41, 5.74) is 1.79. The van der Waals surface area contributed by atoms with Crippen LogP contribution in [0.3, 0.4) is 0 Å². The highest BCUT2D eigenvalue weighted by molar-refractivity contribution is 7.93. The number of pyridine rings is 1. The van der Waals surface area contributed by atoms with Gasteiger partial charge >= 0.3 is 6.09 Å². The van der Waals surface area contributed by atoms with Crippen LogP contribution in [-0.4, -0.2) is 61.8 Å². The summed E-state index contributed by atoms with van der Waals surface area (Å²) in [6.07, 6.45) is 5.14. The first-order chi connectivity index (χ1) is 19.5. The molecule has 42 heavy (non-hydrogen) atoms. The highest BCUT2D eigenvalue weighted by Crippen LogP contribution is 2.34. The molecular weight excluding hydrogens is 566 g/mol. The van der Waals surface area contributed by atoms with Crippen LogP contribution in [0.5, 0.6) is 0 Å². The van der Waals surface area contributed by atoms with Gasteiger partial charge in [0.15, 0.2) is 0 Å². The van der Waals surface area contributed by atoms with Crippen molar-refractivity contribution < 1.29 is 27.3 Å². The first-order valence-electron chi connectivity index (χ1n) is 13.5. The smallest absolute Gasteiger partial charge is 0.442 e. The molecule has 1 unspecified atom stereocenters. The number of carbonyl (C=O) groups excluding carboxylic acids is 2. The summed E-state index contributed by atoms with van der Waals surface area (Å²) in [4.78, 5) is 32.7. The summed E-state index contributed by atoms with van der Waals surface area (Å²) in [5.74, 6) is -2.98. The zero-order valence-electron chi connectivity index (χ0n) is 24.6. The van der Waals surface area contributed by atoms with Gasteiger partial charge in [-0.05, 0) is 57.9 Å². The van der Waals surface area contributed by atoms with Crippen LogP contribution in [0.25, 0.3) is 11.1 Å². The molecule has 0 spiro atoms. The number of benzene rings is 1. The number of halogens is 2. The molecule has 2 aromatic heterocycles. The van der Waals surface area contributed by atoms with Crippen molar-refractivity contribution in [1.82, 2.24) is 14.8 Å². The van der Waals surface area contributed by atoms with Crippen LogP contribution >= 0.6 is 0 Å². The molecule has 10 nitrogen and oxygen atoms in total. The van der Waals surface area contributed by atoms with Crippen molar-refractivity contribution in [3.8, 4) is 11.1 Å². The number of aryl methyl sites for hydroxylation is 1. The number of alkyl halides is 2. The van der Waals surface area contributed by atoms with Gasteiger partial charge in [0.25, 0.3) is 5.91 Å². The second-order valence-corrected chi connectivity index (χ2v) is 13.7. The molecule has 0 bridgehead atoms. The molecule has 2 amide bonds.